The highest BCUT2D eigenvalue weighted by atomic mass is 16.4. The number of aliphatic carboxylic acids is 8. The molecule has 0 rings (SSSR count). The van der Waals surface area contributed by atoms with Crippen molar-refractivity contribution in [2.45, 2.75) is 0 Å². The first kappa shape index (κ1) is 42.0. The molecular weight excluding hydrogens is 580 g/mol. The molecule has 0 aliphatic rings. The lowest BCUT2D eigenvalue weighted by Gasteiger charge is -2.23. The van der Waals surface area contributed by atoms with Gasteiger partial charge in [-0.25, -0.2) is 0 Å². The van der Waals surface area contributed by atoms with Gasteiger partial charge < -0.3 is 46.0 Å². The molecule has 0 spiro atoms. The van der Waals surface area contributed by atoms with Gasteiger partial charge in [-0.2, -0.15) is 0 Å². The summed E-state index contributed by atoms with van der Waals surface area (Å²) in [7, 11) is 1.00. The van der Waals surface area contributed by atoms with Crippen molar-refractivity contribution in [1.82, 2.24) is 19.6 Å². The number of rotatable bonds is 22. The van der Waals surface area contributed by atoms with Gasteiger partial charge in [0.2, 0.25) is 0 Å². The van der Waals surface area contributed by atoms with E-state index in [9.17, 15) is 38.4 Å². The summed E-state index contributed by atoms with van der Waals surface area (Å²) in [5, 5.41) is 75.9. The molecule has 0 radical (unpaired) electrons. The third-order valence-corrected chi connectivity index (χ3v) is 4.34. The van der Waals surface area contributed by atoms with Crippen LogP contribution in [0.1, 0.15) is 0 Å². The number of carbonyl (C=O) groups is 8. The minimum atomic E-state index is -1.23. The summed E-state index contributed by atoms with van der Waals surface area (Å²) in [4.78, 5) is 88.7. The van der Waals surface area contributed by atoms with Crippen LogP contribution in [0.3, 0.4) is 0 Å². The van der Waals surface area contributed by atoms with Crippen molar-refractivity contribution in [3.05, 3.63) is 0 Å². The molecule has 42 heavy (non-hydrogen) atoms. The fourth-order valence-electron chi connectivity index (χ4n) is 2.95. The molecule has 0 atom stereocenters. The van der Waals surface area contributed by atoms with E-state index in [-0.39, 0.29) is 26.2 Å². The molecule has 9 N–H and O–H groups in total. The van der Waals surface area contributed by atoms with Gasteiger partial charge in [-0.3, -0.25) is 58.0 Å². The monoisotopic (exact) mass is 616 g/mol. The average molecular weight is 617 g/mol. The summed E-state index contributed by atoms with van der Waals surface area (Å²) in [6.45, 7) is -4.50. The average Bonchev–Trinajstić information content (AvgIpc) is 2.79. The molecule has 0 aromatic heterocycles. The zero-order valence-corrected chi connectivity index (χ0v) is 22.6. The Bertz CT molecular complexity index is 705. The molecule has 0 saturated heterocycles. The first-order valence-corrected chi connectivity index (χ1v) is 11.5. The predicted molar refractivity (Wildman–Crippen MR) is 135 cm³/mol. The maximum absolute atomic E-state index is 10.6. The van der Waals surface area contributed by atoms with Crippen LogP contribution in [0.2, 0.25) is 0 Å². The Morgan fingerprint density at radius 2 is 0.405 bits per heavy atom. The van der Waals surface area contributed by atoms with E-state index < -0.39 is 100 Å². The third-order valence-electron chi connectivity index (χ3n) is 4.34. The van der Waals surface area contributed by atoms with Gasteiger partial charge in [0.25, 0.3) is 0 Å². The topological polar surface area (TPSA) is 332 Å². The summed E-state index contributed by atoms with van der Waals surface area (Å²) >= 11 is 0. The lowest BCUT2D eigenvalue weighted by atomic mass is 10.4. The fraction of sp³-hybridized carbons (Fsp3) is 0.619. The van der Waals surface area contributed by atoms with E-state index in [2.05, 4.69) is 0 Å². The van der Waals surface area contributed by atoms with Gasteiger partial charge in [0.15, 0.2) is 0 Å². The lowest BCUT2D eigenvalue weighted by molar-refractivity contribution is -0.145. The van der Waals surface area contributed by atoms with Crippen LogP contribution in [0.15, 0.2) is 0 Å². The van der Waals surface area contributed by atoms with E-state index in [1.54, 1.807) is 0 Å². The minimum absolute atomic E-state index is 0.0703. The number of hydrogen-bond donors (Lipinski definition) is 9. The van der Waals surface area contributed by atoms with E-state index in [0.717, 1.165) is 26.7 Å². The fourth-order valence-corrected chi connectivity index (χ4v) is 2.95. The molecule has 0 unspecified atom stereocenters. The van der Waals surface area contributed by atoms with E-state index in [1.165, 1.54) is 0 Å². The number of nitrogens with zero attached hydrogens (tertiary/aromatic N) is 4. The highest BCUT2D eigenvalue weighted by Crippen LogP contribution is 1.95. The zero-order valence-electron chi connectivity index (χ0n) is 22.6. The summed E-state index contributed by atoms with van der Waals surface area (Å²) < 4.78 is 0. The van der Waals surface area contributed by atoms with Crippen LogP contribution >= 0.6 is 0 Å². The van der Waals surface area contributed by atoms with Crippen molar-refractivity contribution < 1.29 is 84.3 Å². The maximum Gasteiger partial charge on any atom is 0.317 e. The van der Waals surface area contributed by atoms with Crippen LogP contribution in [0.5, 0.6) is 0 Å². The highest BCUT2D eigenvalue weighted by molar-refractivity contribution is 5.74. The van der Waals surface area contributed by atoms with Crippen molar-refractivity contribution in [2.75, 3.05) is 85.6 Å². The van der Waals surface area contributed by atoms with Gasteiger partial charge in [0.1, 0.15) is 0 Å². The standard InChI is InChI=1S/2C10H16N2O8.CH4O/c2*13-7(14)3-11(4-8(15)16)1-2-12(5-9(17)18)6-10(19)20;1-2/h2*1-6H2,(H,13,14)(H,15,16)(H,17,18)(H,19,20);2H,1H3. The molecule has 0 amide bonds. The molecule has 0 bridgehead atoms. The Morgan fingerprint density at radius 1 is 0.310 bits per heavy atom. The molecule has 0 aromatic rings. The Morgan fingerprint density at radius 3 is 0.476 bits per heavy atom. The number of aliphatic hydroxyl groups is 1. The second kappa shape index (κ2) is 24.4. The molecule has 0 fully saturated rings. The summed E-state index contributed by atoms with van der Waals surface area (Å²) in [6.07, 6.45) is 0. The van der Waals surface area contributed by atoms with Gasteiger partial charge in [-0.05, 0) is 0 Å². The quantitative estimate of drug-likeness (QED) is 0.0553. The predicted octanol–water partition coefficient (Wildman–Crippen LogP) is -4.53. The van der Waals surface area contributed by atoms with Crippen LogP contribution in [0.25, 0.3) is 0 Å². The Hall–Kier alpha value is -4.44. The lowest BCUT2D eigenvalue weighted by Crippen LogP contribution is -2.43. The van der Waals surface area contributed by atoms with E-state index in [1.807, 2.05) is 0 Å². The van der Waals surface area contributed by atoms with Gasteiger partial charge in [-0.1, -0.05) is 0 Å². The van der Waals surface area contributed by atoms with Crippen molar-refractivity contribution >= 4 is 47.8 Å². The van der Waals surface area contributed by atoms with Crippen molar-refractivity contribution in [1.29, 1.82) is 0 Å². The summed E-state index contributed by atoms with van der Waals surface area (Å²) in [5.41, 5.74) is 0. The Labute approximate surface area is 238 Å². The number of aliphatic hydroxyl groups excluding tert-OH is 1. The van der Waals surface area contributed by atoms with Crippen LogP contribution in [0.4, 0.5) is 0 Å². The second-order valence-electron chi connectivity index (χ2n) is 7.99. The zero-order chi connectivity index (χ0) is 33.4. The van der Waals surface area contributed by atoms with Crippen molar-refractivity contribution in [3.63, 3.8) is 0 Å². The normalized spacial score (nSPS) is 10.3. The van der Waals surface area contributed by atoms with Crippen molar-refractivity contribution in [3.8, 4) is 0 Å². The van der Waals surface area contributed by atoms with Gasteiger partial charge in [-0.15, -0.1) is 0 Å². The number of carboxylic acid groups (broad SMARTS) is 8. The molecule has 0 aromatic carbocycles. The van der Waals surface area contributed by atoms with Gasteiger partial charge in [0.05, 0.1) is 52.4 Å². The molecule has 0 saturated carbocycles. The number of hydrogen-bond acceptors (Lipinski definition) is 13. The van der Waals surface area contributed by atoms with E-state index in [4.69, 9.17) is 46.0 Å². The van der Waals surface area contributed by atoms with Crippen LogP contribution in [0, 0.1) is 0 Å². The van der Waals surface area contributed by atoms with Crippen LogP contribution < -0.4 is 0 Å². The van der Waals surface area contributed by atoms with Crippen LogP contribution in [-0.4, -0.2) is 199 Å². The van der Waals surface area contributed by atoms with Gasteiger partial charge in [0, 0.05) is 33.3 Å². The summed E-state index contributed by atoms with van der Waals surface area (Å²) in [6, 6.07) is 0. The largest absolute Gasteiger partial charge is 0.480 e. The van der Waals surface area contributed by atoms with E-state index >= 15 is 0 Å². The van der Waals surface area contributed by atoms with Gasteiger partial charge >= 0.3 is 47.8 Å². The van der Waals surface area contributed by atoms with Crippen LogP contribution in [-0.2, 0) is 38.4 Å². The van der Waals surface area contributed by atoms with E-state index in [0.29, 0.717) is 0 Å². The SMILES string of the molecule is CO.O=C(O)CN(CCN(CC(=O)O)CC(=O)O)CC(=O)O.O=C(O)CN(CCN(CC(=O)O)CC(=O)O)CC(=O)O. The Kier molecular flexibility index (Phi) is 24.4. The molecular formula is C21H36N4O17. The highest BCUT2D eigenvalue weighted by Gasteiger charge is 2.19. The smallest absolute Gasteiger partial charge is 0.317 e. The third kappa shape index (κ3) is 30.1. The second-order valence-corrected chi connectivity index (χ2v) is 7.99. The molecule has 0 aliphatic heterocycles. The first-order valence-electron chi connectivity index (χ1n) is 11.5. The molecule has 0 heterocycles. The Balaban J connectivity index is -0.000000683. The van der Waals surface area contributed by atoms with Crippen molar-refractivity contribution in [2.24, 2.45) is 0 Å². The number of carboxylic acids is 8. The minimum Gasteiger partial charge on any atom is -0.480 e. The molecule has 21 nitrogen and oxygen atoms in total. The molecule has 21 heteroatoms. The maximum atomic E-state index is 10.6. The molecule has 0 aliphatic carbocycles. The summed E-state index contributed by atoms with van der Waals surface area (Å²) in [5.74, 6) is -9.82. The first-order chi connectivity index (χ1) is 19.4. The molecule has 242 valence electrons.